The highest BCUT2D eigenvalue weighted by molar-refractivity contribution is 5.20. The molecule has 114 valence electrons. The lowest BCUT2D eigenvalue weighted by atomic mass is 9.81. The quantitative estimate of drug-likeness (QED) is 0.895. The summed E-state index contributed by atoms with van der Waals surface area (Å²) in [5.74, 6) is 1.75. The highest BCUT2D eigenvalue weighted by Crippen LogP contribution is 2.37. The summed E-state index contributed by atoms with van der Waals surface area (Å²) in [5.41, 5.74) is 1.56. The van der Waals surface area contributed by atoms with E-state index in [9.17, 15) is 0 Å². The van der Waals surface area contributed by atoms with Gasteiger partial charge in [-0.05, 0) is 62.5 Å². The van der Waals surface area contributed by atoms with Crippen LogP contribution in [0.1, 0.15) is 50.0 Å². The highest BCUT2D eigenvalue weighted by atomic mass is 15.2. The molecule has 1 aliphatic carbocycles. The van der Waals surface area contributed by atoms with Crippen LogP contribution in [-0.2, 0) is 0 Å². The molecular weight excluding hydrogens is 256 g/mol. The van der Waals surface area contributed by atoms with Crippen LogP contribution in [0, 0.1) is 5.92 Å². The molecule has 2 heteroatoms. The first kappa shape index (κ1) is 13.8. The maximum absolute atomic E-state index is 3.74. The second-order valence-electron chi connectivity index (χ2n) is 7.33. The predicted octanol–water partition coefficient (Wildman–Crippen LogP) is 3.40. The Morgan fingerprint density at radius 2 is 1.71 bits per heavy atom. The van der Waals surface area contributed by atoms with Crippen LogP contribution in [0.15, 0.2) is 30.3 Å². The number of nitrogens with one attached hydrogen (secondary N) is 1. The number of benzene rings is 1. The van der Waals surface area contributed by atoms with Gasteiger partial charge in [-0.25, -0.2) is 0 Å². The van der Waals surface area contributed by atoms with Gasteiger partial charge in [-0.15, -0.1) is 0 Å². The second-order valence-corrected chi connectivity index (χ2v) is 7.33. The topological polar surface area (TPSA) is 15.3 Å². The Kier molecular flexibility index (Phi) is 4.00. The van der Waals surface area contributed by atoms with Crippen LogP contribution in [0.3, 0.4) is 0 Å². The van der Waals surface area contributed by atoms with E-state index >= 15 is 0 Å². The number of rotatable bonds is 2. The van der Waals surface area contributed by atoms with Gasteiger partial charge in [-0.2, -0.15) is 0 Å². The van der Waals surface area contributed by atoms with Crippen molar-refractivity contribution < 1.29 is 0 Å². The average molecular weight is 284 g/mol. The van der Waals surface area contributed by atoms with Gasteiger partial charge in [0.2, 0.25) is 0 Å². The Bertz CT molecular complexity index is 436. The first-order valence-corrected chi connectivity index (χ1v) is 8.92. The minimum atomic E-state index is 0.797. The molecule has 0 spiro atoms. The zero-order chi connectivity index (χ0) is 14.1. The summed E-state index contributed by atoms with van der Waals surface area (Å²) in [6, 6.07) is 12.8. The first-order chi connectivity index (χ1) is 10.4. The van der Waals surface area contributed by atoms with Crippen LogP contribution in [-0.4, -0.2) is 36.6 Å². The van der Waals surface area contributed by atoms with E-state index < -0.39 is 0 Å². The maximum Gasteiger partial charge on any atom is 0.0235 e. The molecule has 21 heavy (non-hydrogen) atoms. The molecule has 1 N–H and O–H groups in total. The Hall–Kier alpha value is -0.860. The maximum atomic E-state index is 3.74. The molecule has 4 rings (SSSR count). The van der Waals surface area contributed by atoms with Gasteiger partial charge in [0.25, 0.3) is 0 Å². The third kappa shape index (κ3) is 2.89. The van der Waals surface area contributed by atoms with Crippen LogP contribution < -0.4 is 5.32 Å². The number of fused-ring (bicyclic) bond motifs is 1. The molecule has 2 atom stereocenters. The fourth-order valence-electron chi connectivity index (χ4n) is 4.88. The van der Waals surface area contributed by atoms with Gasteiger partial charge in [-0.1, -0.05) is 30.3 Å². The van der Waals surface area contributed by atoms with Crippen molar-refractivity contribution in [2.75, 3.05) is 19.6 Å². The number of nitrogens with zero attached hydrogens (tertiary/aromatic N) is 1. The van der Waals surface area contributed by atoms with Crippen molar-refractivity contribution in [1.29, 1.82) is 0 Å². The van der Waals surface area contributed by atoms with E-state index in [1.165, 1.54) is 58.2 Å². The third-order valence-electron chi connectivity index (χ3n) is 6.11. The van der Waals surface area contributed by atoms with E-state index in [1.807, 2.05) is 0 Å². The van der Waals surface area contributed by atoms with E-state index in [2.05, 4.69) is 40.5 Å². The molecule has 2 saturated heterocycles. The predicted molar refractivity (Wildman–Crippen MR) is 87.5 cm³/mol. The summed E-state index contributed by atoms with van der Waals surface area (Å²) in [5, 5.41) is 3.74. The zero-order valence-electron chi connectivity index (χ0n) is 13.0. The van der Waals surface area contributed by atoms with Crippen molar-refractivity contribution in [3.8, 4) is 0 Å². The normalized spacial score (nSPS) is 37.3. The fraction of sp³-hybridized carbons (Fsp3) is 0.684. The summed E-state index contributed by atoms with van der Waals surface area (Å²) in [4.78, 5) is 2.81. The van der Waals surface area contributed by atoms with Gasteiger partial charge in [0.05, 0.1) is 0 Å². The van der Waals surface area contributed by atoms with Crippen molar-refractivity contribution in [2.24, 2.45) is 5.92 Å². The molecule has 2 heterocycles. The molecule has 0 aromatic heterocycles. The second kappa shape index (κ2) is 6.10. The molecule has 1 aromatic carbocycles. The van der Waals surface area contributed by atoms with E-state index in [-0.39, 0.29) is 0 Å². The minimum Gasteiger partial charge on any atom is -0.312 e. The minimum absolute atomic E-state index is 0.797. The molecule has 1 aromatic rings. The number of piperidine rings is 1. The van der Waals surface area contributed by atoms with Gasteiger partial charge in [-0.3, -0.25) is 4.90 Å². The smallest absolute Gasteiger partial charge is 0.0235 e. The van der Waals surface area contributed by atoms with Gasteiger partial charge in [0.1, 0.15) is 0 Å². The van der Waals surface area contributed by atoms with Crippen molar-refractivity contribution in [3.05, 3.63) is 35.9 Å². The summed E-state index contributed by atoms with van der Waals surface area (Å²) in [6.07, 6.45) is 8.41. The standard InChI is InChI=1S/C19H28N2/c1-2-5-15(6-3-1)16-8-10-18(11-9-16)21-13-17-7-4-12-20-19(17)14-21/h1-3,5-6,16-20H,4,7-14H2. The van der Waals surface area contributed by atoms with E-state index in [1.54, 1.807) is 5.56 Å². The van der Waals surface area contributed by atoms with Crippen LogP contribution in [0.25, 0.3) is 0 Å². The van der Waals surface area contributed by atoms with Crippen molar-refractivity contribution in [3.63, 3.8) is 0 Å². The summed E-state index contributed by atoms with van der Waals surface area (Å²) in [7, 11) is 0. The molecule has 0 amide bonds. The Balaban J connectivity index is 1.33. The molecule has 3 fully saturated rings. The van der Waals surface area contributed by atoms with Crippen LogP contribution in [0.4, 0.5) is 0 Å². The number of likely N-dealkylation sites (tertiary alicyclic amines) is 1. The van der Waals surface area contributed by atoms with Gasteiger partial charge >= 0.3 is 0 Å². The van der Waals surface area contributed by atoms with Crippen molar-refractivity contribution >= 4 is 0 Å². The summed E-state index contributed by atoms with van der Waals surface area (Å²) >= 11 is 0. The molecule has 2 unspecified atom stereocenters. The highest BCUT2D eigenvalue weighted by Gasteiger charge is 2.38. The SMILES string of the molecule is c1ccc(C2CCC(N3CC4CCCNC4C3)CC2)cc1. The Morgan fingerprint density at radius 1 is 0.905 bits per heavy atom. The van der Waals surface area contributed by atoms with Crippen LogP contribution in [0.5, 0.6) is 0 Å². The molecule has 2 nitrogen and oxygen atoms in total. The molecule has 0 bridgehead atoms. The molecule has 2 aliphatic heterocycles. The van der Waals surface area contributed by atoms with Gasteiger partial charge in [0, 0.05) is 25.2 Å². The fourth-order valence-corrected chi connectivity index (χ4v) is 4.88. The summed E-state index contributed by atoms with van der Waals surface area (Å²) < 4.78 is 0. The number of hydrogen-bond acceptors (Lipinski definition) is 2. The monoisotopic (exact) mass is 284 g/mol. The lowest BCUT2D eigenvalue weighted by Gasteiger charge is -2.35. The van der Waals surface area contributed by atoms with E-state index in [0.717, 1.165) is 23.9 Å². The summed E-state index contributed by atoms with van der Waals surface area (Å²) in [6.45, 7) is 3.92. The van der Waals surface area contributed by atoms with Gasteiger partial charge in [0.15, 0.2) is 0 Å². The first-order valence-electron chi connectivity index (χ1n) is 8.92. The molecule has 0 radical (unpaired) electrons. The molecular formula is C19H28N2. The van der Waals surface area contributed by atoms with Crippen LogP contribution in [0.2, 0.25) is 0 Å². The van der Waals surface area contributed by atoms with Crippen molar-refractivity contribution in [1.82, 2.24) is 10.2 Å². The Labute approximate surface area is 128 Å². The lowest BCUT2D eigenvalue weighted by Crippen LogP contribution is -2.41. The zero-order valence-corrected chi connectivity index (χ0v) is 13.0. The average Bonchev–Trinajstić information content (AvgIpc) is 3.00. The third-order valence-corrected chi connectivity index (χ3v) is 6.11. The lowest BCUT2D eigenvalue weighted by molar-refractivity contribution is 0.175. The molecule has 1 saturated carbocycles. The van der Waals surface area contributed by atoms with E-state index in [4.69, 9.17) is 0 Å². The largest absolute Gasteiger partial charge is 0.312 e. The Morgan fingerprint density at radius 3 is 2.48 bits per heavy atom. The van der Waals surface area contributed by atoms with Crippen molar-refractivity contribution in [2.45, 2.75) is 56.5 Å². The van der Waals surface area contributed by atoms with E-state index in [0.29, 0.717) is 0 Å². The molecule has 3 aliphatic rings. The number of hydrogen-bond donors (Lipinski definition) is 1. The van der Waals surface area contributed by atoms with Crippen LogP contribution >= 0.6 is 0 Å². The van der Waals surface area contributed by atoms with Gasteiger partial charge < -0.3 is 5.32 Å².